The molecule has 0 aromatic heterocycles. The third-order valence-corrected chi connectivity index (χ3v) is 17.9. The molecular weight excluding hydrogens is 1160 g/mol. The van der Waals surface area contributed by atoms with Crippen molar-refractivity contribution in [2.75, 3.05) is 39.6 Å². The second kappa shape index (κ2) is 61.3. The molecular formula is C69H134O17P2. The van der Waals surface area contributed by atoms with E-state index in [9.17, 15) is 43.2 Å². The maximum atomic E-state index is 13.0. The van der Waals surface area contributed by atoms with Crippen LogP contribution in [0.3, 0.4) is 0 Å². The maximum absolute atomic E-state index is 13.0. The average molecular weight is 1300 g/mol. The third kappa shape index (κ3) is 62.8. The summed E-state index contributed by atoms with van der Waals surface area (Å²) in [5.74, 6) is -0.632. The molecule has 0 aromatic carbocycles. The van der Waals surface area contributed by atoms with Crippen LogP contribution in [0.15, 0.2) is 0 Å². The highest BCUT2D eigenvalue weighted by Crippen LogP contribution is 2.45. The van der Waals surface area contributed by atoms with Crippen molar-refractivity contribution in [3.8, 4) is 0 Å². The zero-order valence-corrected chi connectivity index (χ0v) is 58.8. The van der Waals surface area contributed by atoms with Crippen LogP contribution in [0, 0.1) is 11.8 Å². The van der Waals surface area contributed by atoms with Gasteiger partial charge in [-0.1, -0.05) is 298 Å². The Bertz CT molecular complexity index is 1720. The monoisotopic (exact) mass is 1300 g/mol. The maximum Gasteiger partial charge on any atom is 0.472 e. The summed E-state index contributed by atoms with van der Waals surface area (Å²) in [5, 5.41) is 10.5. The highest BCUT2D eigenvalue weighted by atomic mass is 31.2. The van der Waals surface area contributed by atoms with E-state index >= 15 is 0 Å². The molecule has 0 aliphatic heterocycles. The number of unbranched alkanes of at least 4 members (excludes halogenated alkanes) is 38. The Hall–Kier alpha value is -1.94. The number of carbonyl (C=O) groups is 4. The van der Waals surface area contributed by atoms with Gasteiger partial charge < -0.3 is 33.8 Å². The van der Waals surface area contributed by atoms with Crippen molar-refractivity contribution in [2.45, 2.75) is 368 Å². The summed E-state index contributed by atoms with van der Waals surface area (Å²) in [6.07, 6.45) is 46.1. The Morgan fingerprint density at radius 3 is 0.773 bits per heavy atom. The topological polar surface area (TPSA) is 237 Å². The number of hydrogen-bond donors (Lipinski definition) is 3. The van der Waals surface area contributed by atoms with Crippen LogP contribution in [-0.2, 0) is 65.4 Å². The zero-order chi connectivity index (χ0) is 65.0. The van der Waals surface area contributed by atoms with E-state index in [0.29, 0.717) is 31.6 Å². The Balaban J connectivity index is 5.11. The van der Waals surface area contributed by atoms with Gasteiger partial charge in [-0.25, -0.2) is 9.13 Å². The van der Waals surface area contributed by atoms with E-state index in [4.69, 9.17) is 37.0 Å². The number of hydrogen-bond acceptors (Lipinski definition) is 15. The van der Waals surface area contributed by atoms with Crippen LogP contribution >= 0.6 is 15.6 Å². The molecule has 19 heteroatoms. The van der Waals surface area contributed by atoms with Gasteiger partial charge in [-0.05, 0) is 37.5 Å². The van der Waals surface area contributed by atoms with E-state index in [-0.39, 0.29) is 25.7 Å². The standard InChI is InChI=1S/C69H134O17P2/c1-7-9-11-13-15-27-32-39-45-51-66(71)79-57-64(85-68(73)53-47-41-33-28-16-14-12-10-8-2)59-83-87(75,76)81-55-63(70)56-82-88(77,78)84-60-65(58-80-67(72)52-46-40-36-35-38-44-50-62(5)6)86-69(74)54-48-42-34-30-26-24-22-20-18-17-19-21-23-25-29-31-37-43-49-61(3)4/h61-65,70H,7-60H2,1-6H3,(H,75,76)(H,77,78)/t63-,64+,65+/m0/s1. The Kier molecular flexibility index (Phi) is 59.9. The average Bonchev–Trinajstić information content (AvgIpc) is 3.67. The van der Waals surface area contributed by atoms with Crippen molar-refractivity contribution in [1.82, 2.24) is 0 Å². The molecule has 522 valence electrons. The predicted molar refractivity (Wildman–Crippen MR) is 354 cm³/mol. The van der Waals surface area contributed by atoms with Gasteiger partial charge in [-0.2, -0.15) is 0 Å². The molecule has 0 aliphatic rings. The van der Waals surface area contributed by atoms with Gasteiger partial charge in [-0.3, -0.25) is 37.3 Å². The number of carbonyl (C=O) groups excluding carboxylic acids is 4. The highest BCUT2D eigenvalue weighted by molar-refractivity contribution is 7.47. The molecule has 0 heterocycles. The molecule has 0 aromatic rings. The molecule has 88 heavy (non-hydrogen) atoms. The van der Waals surface area contributed by atoms with Gasteiger partial charge in [0.2, 0.25) is 0 Å². The van der Waals surface area contributed by atoms with Crippen LogP contribution in [-0.4, -0.2) is 96.7 Å². The fourth-order valence-electron chi connectivity index (χ4n) is 10.4. The van der Waals surface area contributed by atoms with Crippen molar-refractivity contribution in [3.05, 3.63) is 0 Å². The van der Waals surface area contributed by atoms with Crippen molar-refractivity contribution in [3.63, 3.8) is 0 Å². The van der Waals surface area contributed by atoms with Gasteiger partial charge in [0.1, 0.15) is 19.3 Å². The van der Waals surface area contributed by atoms with Crippen LogP contribution in [0.1, 0.15) is 350 Å². The van der Waals surface area contributed by atoms with E-state index < -0.39 is 97.5 Å². The quantitative estimate of drug-likeness (QED) is 0.0222. The lowest BCUT2D eigenvalue weighted by Gasteiger charge is -2.21. The van der Waals surface area contributed by atoms with Crippen molar-refractivity contribution < 1.29 is 80.2 Å². The molecule has 0 rings (SSSR count). The minimum absolute atomic E-state index is 0.106. The molecule has 0 spiro atoms. The van der Waals surface area contributed by atoms with E-state index in [2.05, 4.69) is 41.5 Å². The van der Waals surface area contributed by atoms with E-state index in [0.717, 1.165) is 102 Å². The molecule has 0 saturated heterocycles. The van der Waals surface area contributed by atoms with Crippen molar-refractivity contribution in [1.29, 1.82) is 0 Å². The second-order valence-electron chi connectivity index (χ2n) is 25.9. The fraction of sp³-hybridized carbons (Fsp3) is 0.942. The van der Waals surface area contributed by atoms with Crippen molar-refractivity contribution >= 4 is 39.5 Å². The summed E-state index contributed by atoms with van der Waals surface area (Å²) in [6.45, 7) is 9.46. The first kappa shape index (κ1) is 86.1. The van der Waals surface area contributed by atoms with Crippen LogP contribution in [0.5, 0.6) is 0 Å². The summed E-state index contributed by atoms with van der Waals surface area (Å²) in [5.41, 5.74) is 0. The molecule has 0 aliphatic carbocycles. The number of rotatable bonds is 68. The van der Waals surface area contributed by atoms with Gasteiger partial charge in [-0.15, -0.1) is 0 Å². The largest absolute Gasteiger partial charge is 0.472 e. The highest BCUT2D eigenvalue weighted by Gasteiger charge is 2.30. The molecule has 0 amide bonds. The van der Waals surface area contributed by atoms with Crippen LogP contribution < -0.4 is 0 Å². The van der Waals surface area contributed by atoms with Gasteiger partial charge in [0.15, 0.2) is 12.2 Å². The number of phosphoric ester groups is 2. The predicted octanol–water partition coefficient (Wildman–Crippen LogP) is 19.6. The number of phosphoric acid groups is 2. The van der Waals surface area contributed by atoms with E-state index in [1.54, 1.807) is 0 Å². The summed E-state index contributed by atoms with van der Waals surface area (Å²) >= 11 is 0. The minimum atomic E-state index is -4.95. The molecule has 0 radical (unpaired) electrons. The lowest BCUT2D eigenvalue weighted by Crippen LogP contribution is -2.30. The zero-order valence-electron chi connectivity index (χ0n) is 57.0. The van der Waals surface area contributed by atoms with Gasteiger partial charge in [0.25, 0.3) is 0 Å². The van der Waals surface area contributed by atoms with Crippen LogP contribution in [0.4, 0.5) is 0 Å². The number of esters is 4. The summed E-state index contributed by atoms with van der Waals surface area (Å²) in [7, 11) is -9.89. The van der Waals surface area contributed by atoms with Crippen LogP contribution in [0.25, 0.3) is 0 Å². The molecule has 0 bridgehead atoms. The molecule has 17 nitrogen and oxygen atoms in total. The summed E-state index contributed by atoms with van der Waals surface area (Å²) in [6, 6.07) is 0. The number of ether oxygens (including phenoxy) is 4. The Labute approximate surface area is 537 Å². The van der Waals surface area contributed by atoms with E-state index in [1.165, 1.54) is 161 Å². The van der Waals surface area contributed by atoms with Crippen LogP contribution in [0.2, 0.25) is 0 Å². The van der Waals surface area contributed by atoms with E-state index in [1.807, 2.05) is 0 Å². The SMILES string of the molecule is CCCCCCCCCCCC(=O)OC[C@H](COP(=O)(O)OC[C@H](O)COP(=O)(O)OC[C@@H](COC(=O)CCCCCCCCC(C)C)OC(=O)CCCCCCCCCCCCCCCCCCCCC(C)C)OC(=O)CCCCCCCCCCC. The number of aliphatic hydroxyl groups is 1. The first-order valence-corrected chi connectivity index (χ1v) is 39.0. The Morgan fingerprint density at radius 1 is 0.307 bits per heavy atom. The fourth-order valence-corrected chi connectivity index (χ4v) is 12.0. The normalized spacial score (nSPS) is 14.2. The molecule has 5 atom stereocenters. The smallest absolute Gasteiger partial charge is 0.462 e. The molecule has 3 N–H and O–H groups in total. The van der Waals surface area contributed by atoms with Gasteiger partial charge in [0.05, 0.1) is 26.4 Å². The Morgan fingerprint density at radius 2 is 0.523 bits per heavy atom. The third-order valence-electron chi connectivity index (χ3n) is 16.0. The minimum Gasteiger partial charge on any atom is -0.462 e. The summed E-state index contributed by atoms with van der Waals surface area (Å²) < 4.78 is 68.1. The second-order valence-corrected chi connectivity index (χ2v) is 28.8. The molecule has 0 saturated carbocycles. The first-order valence-electron chi connectivity index (χ1n) is 36.0. The van der Waals surface area contributed by atoms with Crippen molar-refractivity contribution in [2.24, 2.45) is 11.8 Å². The molecule has 2 unspecified atom stereocenters. The lowest BCUT2D eigenvalue weighted by molar-refractivity contribution is -0.161. The molecule has 0 fully saturated rings. The summed E-state index contributed by atoms with van der Waals surface area (Å²) in [4.78, 5) is 72.3. The number of aliphatic hydroxyl groups excluding tert-OH is 1. The van der Waals surface area contributed by atoms with Gasteiger partial charge >= 0.3 is 39.5 Å². The lowest BCUT2D eigenvalue weighted by atomic mass is 10.0. The van der Waals surface area contributed by atoms with Gasteiger partial charge in [0, 0.05) is 25.7 Å². The first-order chi connectivity index (χ1) is 42.4.